The van der Waals surface area contributed by atoms with Gasteiger partial charge in [0.2, 0.25) is 11.8 Å². The van der Waals surface area contributed by atoms with Crippen LogP contribution in [0.3, 0.4) is 0 Å². The quantitative estimate of drug-likeness (QED) is 0.315. The molecule has 0 radical (unpaired) electrons. The first-order chi connectivity index (χ1) is 21.9. The van der Waals surface area contributed by atoms with Crippen molar-refractivity contribution in [1.82, 2.24) is 15.1 Å². The molecule has 3 aromatic carbocycles. The predicted molar refractivity (Wildman–Crippen MR) is 171 cm³/mol. The number of nitrogens with zero attached hydrogens (tertiary/aromatic N) is 2. The zero-order chi connectivity index (χ0) is 33.0. The molecule has 0 spiro atoms. The number of esters is 1. The molecule has 1 aliphatic carbocycles. The summed E-state index contributed by atoms with van der Waals surface area (Å²) in [5, 5.41) is 4.80. The fraction of sp³-hybridized carbons (Fsp3) is 0.444. The Hall–Kier alpha value is -4.47. The summed E-state index contributed by atoms with van der Waals surface area (Å²) in [4.78, 5) is 57.6. The zero-order valence-corrected chi connectivity index (χ0v) is 26.8. The van der Waals surface area contributed by atoms with Crippen LogP contribution < -0.4 is 5.32 Å². The average Bonchev–Trinajstić information content (AvgIpc) is 3.84. The first kappa shape index (κ1) is 32.9. The fourth-order valence-corrected chi connectivity index (χ4v) is 6.03. The van der Waals surface area contributed by atoms with Gasteiger partial charge in [-0.05, 0) is 67.1 Å². The number of piperazine rings is 1. The molecule has 2 aliphatic rings. The molecule has 2 fully saturated rings. The molecule has 46 heavy (non-hydrogen) atoms. The standard InChI is InChI=1S/C36H42FN3O6/c1-36(2,3)46-35(44)38-29(20-23-12-15-28(37)16-13-23)32(41)39-17-18-40(33(42)30(39)21-24-9-10-24)31(34(43)45-4)22-25-11-14-26-7-5-6-8-27(26)19-25/h5-8,11-16,19,24,29-31H,9-10,17-18,20-22H2,1-4H3,(H,38,44)/t29-,30+,31+/m1/s1. The number of nitrogens with one attached hydrogen (secondary N) is 1. The van der Waals surface area contributed by atoms with E-state index in [-0.39, 0.29) is 37.8 Å². The molecule has 1 heterocycles. The summed E-state index contributed by atoms with van der Waals surface area (Å²) in [5.41, 5.74) is 0.734. The smallest absolute Gasteiger partial charge is 0.408 e. The summed E-state index contributed by atoms with van der Waals surface area (Å²) < 4.78 is 24.3. The Morgan fingerprint density at radius 3 is 2.26 bits per heavy atom. The number of hydrogen-bond acceptors (Lipinski definition) is 6. The highest BCUT2D eigenvalue weighted by Crippen LogP contribution is 2.36. The third kappa shape index (κ3) is 8.21. The lowest BCUT2D eigenvalue weighted by Gasteiger charge is -2.44. The Bertz CT molecular complexity index is 1580. The minimum Gasteiger partial charge on any atom is -0.467 e. The topological polar surface area (TPSA) is 105 Å². The Balaban J connectivity index is 1.40. The van der Waals surface area contributed by atoms with Gasteiger partial charge in [0.1, 0.15) is 29.5 Å². The Kier molecular flexibility index (Phi) is 9.94. The highest BCUT2D eigenvalue weighted by atomic mass is 19.1. The average molecular weight is 632 g/mol. The summed E-state index contributed by atoms with van der Waals surface area (Å²) in [6.07, 6.45) is 1.95. The molecule has 1 N–H and O–H groups in total. The van der Waals surface area contributed by atoms with Crippen molar-refractivity contribution in [2.75, 3.05) is 20.2 Å². The van der Waals surface area contributed by atoms with Crippen LogP contribution in [0.15, 0.2) is 66.7 Å². The second-order valence-electron chi connectivity index (χ2n) is 13.2. The monoisotopic (exact) mass is 631 g/mol. The summed E-state index contributed by atoms with van der Waals surface area (Å²) in [6.45, 7) is 5.46. The van der Waals surface area contributed by atoms with E-state index in [9.17, 15) is 23.6 Å². The summed E-state index contributed by atoms with van der Waals surface area (Å²) in [6, 6.07) is 16.9. The molecule has 0 bridgehead atoms. The molecule has 1 saturated carbocycles. The van der Waals surface area contributed by atoms with Gasteiger partial charge in [-0.3, -0.25) is 9.59 Å². The van der Waals surface area contributed by atoms with Crippen LogP contribution in [-0.4, -0.2) is 77.6 Å². The van der Waals surface area contributed by atoms with Crippen molar-refractivity contribution in [2.24, 2.45) is 5.92 Å². The summed E-state index contributed by atoms with van der Waals surface area (Å²) >= 11 is 0. The molecule has 1 aliphatic heterocycles. The van der Waals surface area contributed by atoms with Crippen molar-refractivity contribution in [3.63, 3.8) is 0 Å². The number of amides is 3. The highest BCUT2D eigenvalue weighted by Gasteiger charge is 2.46. The lowest BCUT2D eigenvalue weighted by Crippen LogP contribution is -2.65. The van der Waals surface area contributed by atoms with Gasteiger partial charge in [-0.1, -0.05) is 67.4 Å². The van der Waals surface area contributed by atoms with Crippen molar-refractivity contribution in [3.8, 4) is 0 Å². The van der Waals surface area contributed by atoms with Gasteiger partial charge in [0.15, 0.2) is 0 Å². The minimum atomic E-state index is -1.06. The number of hydrogen-bond donors (Lipinski definition) is 1. The highest BCUT2D eigenvalue weighted by molar-refractivity contribution is 5.94. The van der Waals surface area contributed by atoms with E-state index in [0.717, 1.165) is 29.2 Å². The Labute approximate surface area is 269 Å². The van der Waals surface area contributed by atoms with E-state index < -0.39 is 47.5 Å². The van der Waals surface area contributed by atoms with Crippen molar-refractivity contribution in [1.29, 1.82) is 0 Å². The second kappa shape index (κ2) is 13.9. The number of ether oxygens (including phenoxy) is 2. The van der Waals surface area contributed by atoms with Crippen LogP contribution in [0.25, 0.3) is 10.8 Å². The maximum atomic E-state index is 14.3. The van der Waals surface area contributed by atoms with Crippen LogP contribution >= 0.6 is 0 Å². The van der Waals surface area contributed by atoms with Crippen molar-refractivity contribution >= 4 is 34.6 Å². The number of carbonyl (C=O) groups excluding carboxylic acids is 4. The van der Waals surface area contributed by atoms with Gasteiger partial charge in [-0.15, -0.1) is 0 Å². The lowest BCUT2D eigenvalue weighted by molar-refractivity contribution is -0.162. The number of carbonyl (C=O) groups is 4. The molecular weight excluding hydrogens is 589 g/mol. The number of benzene rings is 3. The molecular formula is C36H42FN3O6. The summed E-state index contributed by atoms with van der Waals surface area (Å²) in [7, 11) is 1.31. The molecule has 3 aromatic rings. The van der Waals surface area contributed by atoms with Gasteiger partial charge in [-0.2, -0.15) is 0 Å². The van der Waals surface area contributed by atoms with Gasteiger partial charge >= 0.3 is 12.1 Å². The van der Waals surface area contributed by atoms with Crippen LogP contribution in [-0.2, 0) is 36.7 Å². The number of methoxy groups -OCH3 is 1. The molecule has 10 heteroatoms. The SMILES string of the molecule is COC(=O)[C@H](Cc1ccc2ccccc2c1)N1CCN(C(=O)[C@@H](Cc2ccc(F)cc2)NC(=O)OC(C)(C)C)[C@@H](CC2CC2)C1=O. The van der Waals surface area contributed by atoms with E-state index in [0.29, 0.717) is 12.0 Å². The van der Waals surface area contributed by atoms with Crippen LogP contribution in [0.5, 0.6) is 0 Å². The van der Waals surface area contributed by atoms with Crippen LogP contribution in [0.2, 0.25) is 0 Å². The lowest BCUT2D eigenvalue weighted by atomic mass is 9.96. The first-order valence-corrected chi connectivity index (χ1v) is 15.8. The van der Waals surface area contributed by atoms with E-state index in [4.69, 9.17) is 9.47 Å². The maximum absolute atomic E-state index is 14.3. The van der Waals surface area contributed by atoms with Crippen LogP contribution in [0.4, 0.5) is 9.18 Å². The number of rotatable bonds is 10. The summed E-state index contributed by atoms with van der Waals surface area (Å²) in [5.74, 6) is -1.40. The number of halogens is 1. The third-order valence-electron chi connectivity index (χ3n) is 8.50. The van der Waals surface area contributed by atoms with Crippen molar-refractivity contribution in [2.45, 2.75) is 76.6 Å². The fourth-order valence-electron chi connectivity index (χ4n) is 6.03. The van der Waals surface area contributed by atoms with Gasteiger partial charge in [0.05, 0.1) is 7.11 Å². The second-order valence-corrected chi connectivity index (χ2v) is 13.2. The zero-order valence-electron chi connectivity index (χ0n) is 26.8. The Morgan fingerprint density at radius 2 is 1.61 bits per heavy atom. The van der Waals surface area contributed by atoms with Gasteiger partial charge in [-0.25, -0.2) is 14.0 Å². The van der Waals surface area contributed by atoms with Crippen LogP contribution in [0, 0.1) is 11.7 Å². The largest absolute Gasteiger partial charge is 0.467 e. The maximum Gasteiger partial charge on any atom is 0.408 e. The predicted octanol–water partition coefficient (Wildman–Crippen LogP) is 5.04. The number of alkyl carbamates (subject to hydrolysis) is 1. The van der Waals surface area contributed by atoms with Gasteiger partial charge in [0, 0.05) is 25.9 Å². The van der Waals surface area contributed by atoms with E-state index in [1.54, 1.807) is 37.8 Å². The van der Waals surface area contributed by atoms with E-state index >= 15 is 0 Å². The first-order valence-electron chi connectivity index (χ1n) is 15.8. The Morgan fingerprint density at radius 1 is 0.935 bits per heavy atom. The van der Waals surface area contributed by atoms with Gasteiger partial charge < -0.3 is 24.6 Å². The third-order valence-corrected chi connectivity index (χ3v) is 8.50. The molecule has 1 saturated heterocycles. The van der Waals surface area contributed by atoms with Crippen LogP contribution in [0.1, 0.15) is 51.2 Å². The van der Waals surface area contributed by atoms with Crippen molar-refractivity contribution < 1.29 is 33.0 Å². The molecule has 5 rings (SSSR count). The molecule has 244 valence electrons. The van der Waals surface area contributed by atoms with Gasteiger partial charge in [0.25, 0.3) is 0 Å². The molecule has 9 nitrogen and oxygen atoms in total. The number of fused-ring (bicyclic) bond motifs is 1. The minimum absolute atomic E-state index is 0.0790. The van der Waals surface area contributed by atoms with Crippen molar-refractivity contribution in [3.05, 3.63) is 83.7 Å². The molecule has 3 amide bonds. The molecule has 3 atom stereocenters. The van der Waals surface area contributed by atoms with E-state index in [1.165, 1.54) is 24.1 Å². The molecule has 0 aromatic heterocycles. The molecule has 0 unspecified atom stereocenters. The van der Waals surface area contributed by atoms with E-state index in [1.807, 2.05) is 42.5 Å². The van der Waals surface area contributed by atoms with E-state index in [2.05, 4.69) is 5.32 Å². The normalized spacial score (nSPS) is 18.2.